The Balaban J connectivity index is 0.00000216. The van der Waals surface area contributed by atoms with Gasteiger partial charge in [-0.25, -0.2) is 18.4 Å². The van der Waals surface area contributed by atoms with Crippen LogP contribution >= 0.6 is 12.4 Å². The highest BCUT2D eigenvalue weighted by Crippen LogP contribution is 2.30. The summed E-state index contributed by atoms with van der Waals surface area (Å²) in [5.74, 6) is 0.611. The predicted molar refractivity (Wildman–Crippen MR) is 139 cm³/mol. The van der Waals surface area contributed by atoms with Crippen molar-refractivity contribution in [1.29, 1.82) is 0 Å². The second-order valence-electron chi connectivity index (χ2n) is 7.91. The van der Waals surface area contributed by atoms with E-state index in [2.05, 4.69) is 20.4 Å². The number of aromatic nitrogens is 3. The van der Waals surface area contributed by atoms with Gasteiger partial charge in [0.1, 0.15) is 5.69 Å². The molecule has 0 aliphatic heterocycles. The molecule has 0 fully saturated rings. The SMILES string of the molecule is CNCc1ccc(-c2cc(-c3nc(-c4ccc(S(=O)(=O)C(C)C)cc4)cnc3N)on2)cc1.Cl.O. The van der Waals surface area contributed by atoms with E-state index in [4.69, 9.17) is 10.3 Å². The van der Waals surface area contributed by atoms with Gasteiger partial charge < -0.3 is 21.0 Å². The van der Waals surface area contributed by atoms with Crippen LogP contribution in [0.3, 0.4) is 0 Å². The molecule has 9 nitrogen and oxygen atoms in total. The van der Waals surface area contributed by atoms with Gasteiger partial charge in [-0.3, -0.25) is 0 Å². The lowest BCUT2D eigenvalue weighted by Gasteiger charge is -2.09. The zero-order valence-electron chi connectivity index (χ0n) is 19.5. The minimum Gasteiger partial charge on any atom is -0.412 e. The van der Waals surface area contributed by atoms with Crippen LogP contribution in [0.1, 0.15) is 19.4 Å². The number of benzene rings is 2. The highest BCUT2D eigenvalue weighted by atomic mass is 35.5. The Hall–Kier alpha value is -3.31. The molecule has 186 valence electrons. The molecule has 35 heavy (non-hydrogen) atoms. The molecule has 0 spiro atoms. The van der Waals surface area contributed by atoms with Crippen LogP contribution in [0, 0.1) is 0 Å². The van der Waals surface area contributed by atoms with Gasteiger partial charge in [0.2, 0.25) is 0 Å². The molecule has 11 heteroatoms. The molecule has 0 saturated heterocycles. The number of rotatable bonds is 7. The molecule has 0 radical (unpaired) electrons. The van der Waals surface area contributed by atoms with Crippen LogP contribution in [0.5, 0.6) is 0 Å². The standard InChI is InChI=1S/C24H25N5O3S.ClH.H2O/c1-15(2)33(30,31)19-10-8-18(9-11-19)21-14-27-24(25)23(28-21)22-12-20(29-32-22)17-6-4-16(5-7-17)13-26-3;;/h4-12,14-15,26H,13H2,1-3H3,(H2,25,27);1H;1H2. The Morgan fingerprint density at radius 3 is 2.20 bits per heavy atom. The van der Waals surface area contributed by atoms with E-state index in [0.29, 0.717) is 28.4 Å². The number of hydrogen-bond acceptors (Lipinski definition) is 8. The highest BCUT2D eigenvalue weighted by molar-refractivity contribution is 7.92. The summed E-state index contributed by atoms with van der Waals surface area (Å²) in [7, 11) is -1.44. The highest BCUT2D eigenvalue weighted by Gasteiger charge is 2.20. The van der Waals surface area contributed by atoms with Crippen molar-refractivity contribution in [2.24, 2.45) is 0 Å². The number of nitrogens with zero attached hydrogens (tertiary/aromatic N) is 3. The summed E-state index contributed by atoms with van der Waals surface area (Å²) in [6.45, 7) is 4.10. The van der Waals surface area contributed by atoms with Crippen molar-refractivity contribution in [2.45, 2.75) is 30.5 Å². The Labute approximate surface area is 210 Å². The summed E-state index contributed by atoms with van der Waals surface area (Å²) < 4.78 is 30.3. The summed E-state index contributed by atoms with van der Waals surface area (Å²) in [4.78, 5) is 9.12. The molecule has 2 heterocycles. The molecule has 0 unspecified atom stereocenters. The molecule has 0 saturated carbocycles. The molecule has 0 aliphatic carbocycles. The molecule has 4 aromatic rings. The first-order valence-corrected chi connectivity index (χ1v) is 12.0. The lowest BCUT2D eigenvalue weighted by Crippen LogP contribution is -2.13. The largest absolute Gasteiger partial charge is 0.412 e. The normalized spacial score (nSPS) is 11.1. The van der Waals surface area contributed by atoms with Crippen molar-refractivity contribution >= 4 is 28.1 Å². The Kier molecular flexibility index (Phi) is 9.11. The summed E-state index contributed by atoms with van der Waals surface area (Å²) in [6, 6.07) is 16.3. The number of anilines is 1. The van der Waals surface area contributed by atoms with Crippen LogP contribution in [0.15, 0.2) is 70.2 Å². The number of nitrogens with one attached hydrogen (secondary N) is 1. The molecule has 2 aromatic heterocycles. The van der Waals surface area contributed by atoms with Crippen molar-refractivity contribution in [1.82, 2.24) is 20.4 Å². The maximum absolute atomic E-state index is 12.4. The summed E-state index contributed by atoms with van der Waals surface area (Å²) in [5.41, 5.74) is 10.4. The predicted octanol–water partition coefficient (Wildman–Crippen LogP) is 3.55. The first-order valence-electron chi connectivity index (χ1n) is 10.5. The molecule has 0 bridgehead atoms. The van der Waals surface area contributed by atoms with Gasteiger partial charge in [0.05, 0.1) is 22.0 Å². The number of halogens is 1. The van der Waals surface area contributed by atoms with E-state index in [9.17, 15) is 8.42 Å². The monoisotopic (exact) mass is 517 g/mol. The second-order valence-corrected chi connectivity index (χ2v) is 10.4. The number of nitrogen functional groups attached to an aromatic ring is 1. The maximum Gasteiger partial charge on any atom is 0.189 e. The fourth-order valence-corrected chi connectivity index (χ4v) is 4.39. The van der Waals surface area contributed by atoms with Crippen LogP contribution < -0.4 is 11.1 Å². The minimum absolute atomic E-state index is 0. The lowest BCUT2D eigenvalue weighted by molar-refractivity contribution is 0.434. The van der Waals surface area contributed by atoms with Gasteiger partial charge in [0.25, 0.3) is 0 Å². The van der Waals surface area contributed by atoms with E-state index in [1.807, 2.05) is 31.3 Å². The van der Waals surface area contributed by atoms with Crippen molar-refractivity contribution in [3.8, 4) is 34.0 Å². The Morgan fingerprint density at radius 2 is 1.60 bits per heavy atom. The molecule has 0 atom stereocenters. The van der Waals surface area contributed by atoms with E-state index in [0.717, 1.165) is 12.1 Å². The zero-order chi connectivity index (χ0) is 23.6. The van der Waals surface area contributed by atoms with Gasteiger partial charge in [-0.2, -0.15) is 0 Å². The third-order valence-corrected chi connectivity index (χ3v) is 7.44. The van der Waals surface area contributed by atoms with E-state index in [1.54, 1.807) is 50.4 Å². The van der Waals surface area contributed by atoms with E-state index in [-0.39, 0.29) is 28.6 Å². The topological polar surface area (TPSA) is 156 Å². The molecule has 2 aromatic carbocycles. The molecular formula is C24H28ClN5O4S. The van der Waals surface area contributed by atoms with Crippen molar-refractivity contribution in [3.05, 3.63) is 66.4 Å². The van der Waals surface area contributed by atoms with Gasteiger partial charge >= 0.3 is 0 Å². The van der Waals surface area contributed by atoms with Gasteiger partial charge in [-0.1, -0.05) is 41.6 Å². The van der Waals surface area contributed by atoms with Gasteiger partial charge in [0, 0.05) is 23.7 Å². The average molecular weight is 518 g/mol. The Morgan fingerprint density at radius 1 is 1.00 bits per heavy atom. The third kappa shape index (κ3) is 5.85. The second kappa shape index (κ2) is 11.4. The van der Waals surface area contributed by atoms with E-state index in [1.165, 1.54) is 5.56 Å². The molecular weight excluding hydrogens is 490 g/mol. The third-order valence-electron chi connectivity index (χ3n) is 5.27. The quantitative estimate of drug-likeness (QED) is 0.377. The van der Waals surface area contributed by atoms with Gasteiger partial charge in [0.15, 0.2) is 27.1 Å². The van der Waals surface area contributed by atoms with Crippen LogP contribution in [-0.2, 0) is 16.4 Å². The van der Waals surface area contributed by atoms with Crippen LogP contribution in [0.4, 0.5) is 5.82 Å². The van der Waals surface area contributed by atoms with Crippen LogP contribution in [0.2, 0.25) is 0 Å². The fourth-order valence-electron chi connectivity index (χ4n) is 3.33. The first-order chi connectivity index (χ1) is 15.8. The lowest BCUT2D eigenvalue weighted by atomic mass is 10.1. The molecule has 0 amide bonds. The number of sulfone groups is 1. The molecule has 5 N–H and O–H groups in total. The Bertz CT molecular complexity index is 1370. The summed E-state index contributed by atoms with van der Waals surface area (Å²) >= 11 is 0. The number of hydrogen-bond donors (Lipinski definition) is 2. The smallest absolute Gasteiger partial charge is 0.189 e. The molecule has 0 aliphatic rings. The minimum atomic E-state index is -3.35. The van der Waals surface area contributed by atoms with Crippen molar-refractivity contribution in [3.63, 3.8) is 0 Å². The summed E-state index contributed by atoms with van der Waals surface area (Å²) in [6.07, 6.45) is 1.54. The van der Waals surface area contributed by atoms with Gasteiger partial charge in [-0.05, 0) is 38.6 Å². The first kappa shape index (κ1) is 27.9. The van der Waals surface area contributed by atoms with Crippen molar-refractivity contribution < 1.29 is 18.4 Å². The maximum atomic E-state index is 12.4. The number of nitrogens with two attached hydrogens (primary N) is 1. The van der Waals surface area contributed by atoms with Crippen LogP contribution in [0.25, 0.3) is 34.0 Å². The van der Waals surface area contributed by atoms with E-state index >= 15 is 0 Å². The van der Waals surface area contributed by atoms with E-state index < -0.39 is 15.1 Å². The van der Waals surface area contributed by atoms with Crippen molar-refractivity contribution in [2.75, 3.05) is 12.8 Å². The van der Waals surface area contributed by atoms with Gasteiger partial charge in [-0.15, -0.1) is 12.4 Å². The fraction of sp³-hybridized carbons (Fsp3) is 0.208. The molecule has 4 rings (SSSR count). The van der Waals surface area contributed by atoms with Crippen LogP contribution in [-0.4, -0.2) is 41.3 Å². The average Bonchev–Trinajstić information content (AvgIpc) is 3.30. The summed E-state index contributed by atoms with van der Waals surface area (Å²) in [5, 5.41) is 6.78. The zero-order valence-corrected chi connectivity index (χ0v) is 21.2.